The number of methoxy groups -OCH3 is 1. The van der Waals surface area contributed by atoms with Gasteiger partial charge in [0.25, 0.3) is 0 Å². The minimum absolute atomic E-state index is 0.147. The summed E-state index contributed by atoms with van der Waals surface area (Å²) in [5, 5.41) is 3.11. The van der Waals surface area contributed by atoms with Gasteiger partial charge in [-0.3, -0.25) is 4.79 Å². The van der Waals surface area contributed by atoms with Crippen molar-refractivity contribution in [3.8, 4) is 0 Å². The monoisotopic (exact) mass is 300 g/mol. The van der Waals surface area contributed by atoms with Gasteiger partial charge in [0.1, 0.15) is 5.54 Å². The fourth-order valence-electron chi connectivity index (χ4n) is 2.89. The number of ether oxygens (including phenoxy) is 2. The zero-order chi connectivity index (χ0) is 15.7. The van der Waals surface area contributed by atoms with Crippen LogP contribution in [0.15, 0.2) is 0 Å². The van der Waals surface area contributed by atoms with E-state index in [0.717, 1.165) is 39.1 Å². The van der Waals surface area contributed by atoms with Crippen LogP contribution in [0, 0.1) is 5.92 Å². The van der Waals surface area contributed by atoms with Crippen molar-refractivity contribution in [3.05, 3.63) is 0 Å². The van der Waals surface area contributed by atoms with Gasteiger partial charge in [0.2, 0.25) is 0 Å². The molecule has 1 saturated heterocycles. The Morgan fingerprint density at radius 2 is 2.05 bits per heavy atom. The van der Waals surface area contributed by atoms with Crippen LogP contribution >= 0.6 is 0 Å². The van der Waals surface area contributed by atoms with Crippen molar-refractivity contribution in [3.63, 3.8) is 0 Å². The summed E-state index contributed by atoms with van der Waals surface area (Å²) < 4.78 is 10.4. The average molecular weight is 300 g/mol. The number of carbonyl (C=O) groups excluding carboxylic acids is 1. The Kier molecular flexibility index (Phi) is 8.22. The van der Waals surface area contributed by atoms with Crippen LogP contribution in [0.5, 0.6) is 0 Å². The molecule has 0 aromatic rings. The standard InChI is InChI=1S/C16H32N2O3/c1-5-21-15(19)16(2,17-3)9-6-10-18-11-7-14(8-12-18)13-20-4/h14,17H,5-13H2,1-4H3. The summed E-state index contributed by atoms with van der Waals surface area (Å²) in [5.74, 6) is 0.569. The lowest BCUT2D eigenvalue weighted by atomic mass is 9.94. The van der Waals surface area contributed by atoms with Crippen molar-refractivity contribution in [1.29, 1.82) is 0 Å². The van der Waals surface area contributed by atoms with E-state index in [1.165, 1.54) is 12.8 Å². The van der Waals surface area contributed by atoms with Crippen molar-refractivity contribution in [2.75, 3.05) is 47.0 Å². The smallest absolute Gasteiger partial charge is 0.326 e. The number of hydrogen-bond acceptors (Lipinski definition) is 5. The molecule has 0 spiro atoms. The Labute approximate surface area is 129 Å². The Morgan fingerprint density at radius 1 is 1.38 bits per heavy atom. The van der Waals surface area contributed by atoms with Gasteiger partial charge in [-0.05, 0) is 72.1 Å². The second kappa shape index (κ2) is 9.38. The Bertz CT molecular complexity index is 304. The molecule has 124 valence electrons. The summed E-state index contributed by atoms with van der Waals surface area (Å²) in [5.41, 5.74) is -0.565. The number of nitrogens with zero attached hydrogens (tertiary/aromatic N) is 1. The van der Waals surface area contributed by atoms with E-state index in [9.17, 15) is 4.79 Å². The first kappa shape index (κ1) is 18.4. The maximum Gasteiger partial charge on any atom is 0.326 e. The number of esters is 1. The van der Waals surface area contributed by atoms with Crippen molar-refractivity contribution in [2.24, 2.45) is 5.92 Å². The van der Waals surface area contributed by atoms with E-state index in [2.05, 4.69) is 10.2 Å². The van der Waals surface area contributed by atoms with Gasteiger partial charge < -0.3 is 19.7 Å². The first-order valence-electron chi connectivity index (χ1n) is 8.13. The number of piperidine rings is 1. The fourth-order valence-corrected chi connectivity index (χ4v) is 2.89. The van der Waals surface area contributed by atoms with Gasteiger partial charge in [0.15, 0.2) is 0 Å². The van der Waals surface area contributed by atoms with Crippen molar-refractivity contribution < 1.29 is 14.3 Å². The van der Waals surface area contributed by atoms with E-state index in [1.54, 1.807) is 7.11 Å². The van der Waals surface area contributed by atoms with Crippen LogP contribution in [0.3, 0.4) is 0 Å². The molecule has 1 atom stereocenters. The molecule has 5 heteroatoms. The highest BCUT2D eigenvalue weighted by Gasteiger charge is 2.32. The first-order valence-corrected chi connectivity index (χ1v) is 8.13. The first-order chi connectivity index (χ1) is 10.1. The number of carbonyl (C=O) groups is 1. The Morgan fingerprint density at radius 3 is 2.57 bits per heavy atom. The molecule has 1 fully saturated rings. The Hall–Kier alpha value is -0.650. The summed E-state index contributed by atoms with van der Waals surface area (Å²) in [6.07, 6.45) is 4.25. The lowest BCUT2D eigenvalue weighted by Crippen LogP contribution is -2.49. The van der Waals surface area contributed by atoms with Crippen LogP contribution in [0.1, 0.15) is 39.5 Å². The highest BCUT2D eigenvalue weighted by molar-refractivity contribution is 5.80. The van der Waals surface area contributed by atoms with Crippen LogP contribution in [-0.4, -0.2) is 63.4 Å². The second-order valence-electron chi connectivity index (χ2n) is 6.15. The fraction of sp³-hybridized carbons (Fsp3) is 0.938. The van der Waals surface area contributed by atoms with Gasteiger partial charge in [-0.1, -0.05) is 0 Å². The summed E-state index contributed by atoms with van der Waals surface area (Å²) in [6, 6.07) is 0. The minimum atomic E-state index is -0.565. The summed E-state index contributed by atoms with van der Waals surface area (Å²) >= 11 is 0. The number of likely N-dealkylation sites (N-methyl/N-ethyl adjacent to an activating group) is 1. The topological polar surface area (TPSA) is 50.8 Å². The average Bonchev–Trinajstić information content (AvgIpc) is 2.49. The molecule has 0 amide bonds. The summed E-state index contributed by atoms with van der Waals surface area (Å²) in [6.45, 7) is 8.43. The number of nitrogens with one attached hydrogen (secondary N) is 1. The zero-order valence-electron chi connectivity index (χ0n) is 14.1. The third kappa shape index (κ3) is 5.93. The molecule has 1 aliphatic heterocycles. The number of rotatable bonds is 9. The SMILES string of the molecule is CCOC(=O)C(C)(CCCN1CCC(COC)CC1)NC. The molecule has 1 N–H and O–H groups in total. The lowest BCUT2D eigenvalue weighted by Gasteiger charge is -2.33. The molecule has 0 aromatic carbocycles. The maximum atomic E-state index is 12.0. The highest BCUT2D eigenvalue weighted by Crippen LogP contribution is 2.19. The van der Waals surface area contributed by atoms with Crippen molar-refractivity contribution in [1.82, 2.24) is 10.2 Å². The van der Waals surface area contributed by atoms with Crippen molar-refractivity contribution in [2.45, 2.75) is 45.1 Å². The van der Waals surface area contributed by atoms with Gasteiger partial charge >= 0.3 is 5.97 Å². The van der Waals surface area contributed by atoms with Gasteiger partial charge in [0.05, 0.1) is 6.61 Å². The zero-order valence-corrected chi connectivity index (χ0v) is 14.1. The molecule has 5 nitrogen and oxygen atoms in total. The maximum absolute atomic E-state index is 12.0. The molecule has 0 radical (unpaired) electrons. The third-order valence-electron chi connectivity index (χ3n) is 4.54. The normalized spacial score (nSPS) is 20.2. The van der Waals surface area contributed by atoms with E-state index in [0.29, 0.717) is 12.5 Å². The lowest BCUT2D eigenvalue weighted by molar-refractivity contribution is -0.150. The Balaban J connectivity index is 2.27. The highest BCUT2D eigenvalue weighted by atomic mass is 16.5. The van der Waals surface area contributed by atoms with Gasteiger partial charge in [-0.15, -0.1) is 0 Å². The van der Waals surface area contributed by atoms with Crippen LogP contribution in [-0.2, 0) is 14.3 Å². The molecule has 0 bridgehead atoms. The van der Waals surface area contributed by atoms with E-state index in [-0.39, 0.29) is 5.97 Å². The van der Waals surface area contributed by atoms with E-state index in [4.69, 9.17) is 9.47 Å². The van der Waals surface area contributed by atoms with Gasteiger partial charge in [-0.25, -0.2) is 0 Å². The minimum Gasteiger partial charge on any atom is -0.465 e. The molecule has 1 heterocycles. The largest absolute Gasteiger partial charge is 0.465 e. The molecule has 0 aliphatic carbocycles. The summed E-state index contributed by atoms with van der Waals surface area (Å²) in [4.78, 5) is 14.5. The van der Waals surface area contributed by atoms with Crippen LogP contribution in [0.2, 0.25) is 0 Å². The summed E-state index contributed by atoms with van der Waals surface area (Å²) in [7, 11) is 3.60. The van der Waals surface area contributed by atoms with E-state index < -0.39 is 5.54 Å². The third-order valence-corrected chi connectivity index (χ3v) is 4.54. The molecule has 1 aliphatic rings. The number of likely N-dealkylation sites (tertiary alicyclic amines) is 1. The van der Waals surface area contributed by atoms with Crippen LogP contribution < -0.4 is 5.32 Å². The predicted octanol–water partition coefficient (Wildman–Crippen LogP) is 1.67. The molecule has 1 unspecified atom stereocenters. The van der Waals surface area contributed by atoms with Crippen LogP contribution in [0.4, 0.5) is 0 Å². The number of hydrogen-bond donors (Lipinski definition) is 1. The molecule has 0 saturated carbocycles. The van der Waals surface area contributed by atoms with E-state index >= 15 is 0 Å². The van der Waals surface area contributed by atoms with Crippen molar-refractivity contribution >= 4 is 5.97 Å². The second-order valence-corrected chi connectivity index (χ2v) is 6.15. The molecule has 0 aromatic heterocycles. The molecular formula is C16H32N2O3. The predicted molar refractivity (Wildman–Crippen MR) is 84.4 cm³/mol. The molecule has 21 heavy (non-hydrogen) atoms. The van der Waals surface area contributed by atoms with Crippen LogP contribution in [0.25, 0.3) is 0 Å². The molecule has 1 rings (SSSR count). The van der Waals surface area contributed by atoms with E-state index in [1.807, 2.05) is 20.9 Å². The molecular weight excluding hydrogens is 268 g/mol. The van der Waals surface area contributed by atoms with Gasteiger partial charge in [0, 0.05) is 13.7 Å². The quantitative estimate of drug-likeness (QED) is 0.656. The van der Waals surface area contributed by atoms with Gasteiger partial charge in [-0.2, -0.15) is 0 Å².